The van der Waals surface area contributed by atoms with Crippen LogP contribution in [0.2, 0.25) is 0 Å². The molecule has 2 aromatic rings. The number of carbonyl (C=O) groups excluding carboxylic acids is 3. The minimum atomic E-state index is -0.985. The van der Waals surface area contributed by atoms with Crippen LogP contribution in [0, 0.1) is 0 Å². The lowest BCUT2D eigenvalue weighted by Gasteiger charge is -2.12. The lowest BCUT2D eigenvalue weighted by molar-refractivity contribution is -0.118. The number of rotatable bonds is 5. The van der Waals surface area contributed by atoms with Gasteiger partial charge in [-0.25, -0.2) is 4.79 Å². The maximum atomic E-state index is 12.1. The summed E-state index contributed by atoms with van der Waals surface area (Å²) in [7, 11) is 2.82. The molecule has 1 aliphatic rings. The van der Waals surface area contributed by atoms with Crippen LogP contribution in [0.15, 0.2) is 40.8 Å². The molecule has 0 unspecified atom stereocenters. The Labute approximate surface area is 136 Å². The smallest absolute Gasteiger partial charge is 0.399 e. The van der Waals surface area contributed by atoms with Crippen molar-refractivity contribution in [3.63, 3.8) is 0 Å². The Morgan fingerprint density at radius 1 is 1.00 bits per heavy atom. The van der Waals surface area contributed by atoms with Crippen molar-refractivity contribution < 1.29 is 33.1 Å². The SMILES string of the molecule is COC(OC)c1ccc(C(=O)ON2C(=O)c3ccccc3C2=O)o1. The number of hydrogen-bond donors (Lipinski definition) is 0. The van der Waals surface area contributed by atoms with E-state index in [4.69, 9.17) is 18.7 Å². The molecule has 8 nitrogen and oxygen atoms in total. The largest absolute Gasteiger partial charge is 0.449 e. The van der Waals surface area contributed by atoms with Gasteiger partial charge in [0, 0.05) is 14.2 Å². The number of carbonyl (C=O) groups is 3. The molecule has 0 spiro atoms. The second-order valence-corrected chi connectivity index (χ2v) is 4.83. The van der Waals surface area contributed by atoms with Crippen LogP contribution in [0.1, 0.15) is 43.3 Å². The maximum absolute atomic E-state index is 12.1. The number of fused-ring (bicyclic) bond motifs is 1. The van der Waals surface area contributed by atoms with E-state index >= 15 is 0 Å². The normalized spacial score (nSPS) is 13.5. The summed E-state index contributed by atoms with van der Waals surface area (Å²) in [6, 6.07) is 9.00. The van der Waals surface area contributed by atoms with Crippen molar-refractivity contribution in [2.75, 3.05) is 14.2 Å². The van der Waals surface area contributed by atoms with Gasteiger partial charge in [-0.1, -0.05) is 17.2 Å². The quantitative estimate of drug-likeness (QED) is 0.610. The molecule has 124 valence electrons. The molecule has 0 radical (unpaired) electrons. The molecule has 1 aliphatic heterocycles. The van der Waals surface area contributed by atoms with Crippen molar-refractivity contribution in [2.45, 2.75) is 6.29 Å². The van der Waals surface area contributed by atoms with Gasteiger partial charge in [0.05, 0.1) is 11.1 Å². The fourth-order valence-corrected chi connectivity index (χ4v) is 2.30. The first-order chi connectivity index (χ1) is 11.6. The molecule has 0 saturated heterocycles. The lowest BCUT2D eigenvalue weighted by Crippen LogP contribution is -2.32. The van der Waals surface area contributed by atoms with E-state index in [0.717, 1.165) is 0 Å². The predicted octanol–water partition coefficient (Wildman–Crippen LogP) is 1.94. The summed E-state index contributed by atoms with van der Waals surface area (Å²) in [5, 5.41) is 0.416. The lowest BCUT2D eigenvalue weighted by atomic mass is 10.1. The Morgan fingerprint density at radius 2 is 1.58 bits per heavy atom. The highest BCUT2D eigenvalue weighted by Crippen LogP contribution is 2.25. The van der Waals surface area contributed by atoms with Crippen molar-refractivity contribution in [1.29, 1.82) is 0 Å². The number of imide groups is 1. The molecule has 2 heterocycles. The van der Waals surface area contributed by atoms with Crippen LogP contribution >= 0.6 is 0 Å². The highest BCUT2D eigenvalue weighted by molar-refractivity contribution is 6.21. The monoisotopic (exact) mass is 331 g/mol. The van der Waals surface area contributed by atoms with E-state index in [2.05, 4.69) is 0 Å². The third-order valence-electron chi connectivity index (χ3n) is 3.42. The van der Waals surface area contributed by atoms with Crippen LogP contribution in [0.25, 0.3) is 0 Å². The zero-order valence-electron chi connectivity index (χ0n) is 12.8. The number of hydrogen-bond acceptors (Lipinski definition) is 7. The molecule has 0 N–H and O–H groups in total. The minimum absolute atomic E-state index is 0.175. The second kappa shape index (κ2) is 6.26. The van der Waals surface area contributed by atoms with Crippen LogP contribution in [-0.4, -0.2) is 37.1 Å². The van der Waals surface area contributed by atoms with Crippen LogP contribution in [-0.2, 0) is 14.3 Å². The van der Waals surface area contributed by atoms with Crippen molar-refractivity contribution >= 4 is 17.8 Å². The van der Waals surface area contributed by atoms with Crippen molar-refractivity contribution in [2.24, 2.45) is 0 Å². The van der Waals surface area contributed by atoms with Gasteiger partial charge in [0.15, 0.2) is 5.76 Å². The summed E-state index contributed by atoms with van der Waals surface area (Å²) < 4.78 is 15.3. The van der Waals surface area contributed by atoms with E-state index in [9.17, 15) is 14.4 Å². The van der Waals surface area contributed by atoms with Crippen molar-refractivity contribution in [3.8, 4) is 0 Å². The molecule has 1 aromatic heterocycles. The van der Waals surface area contributed by atoms with E-state index in [0.29, 0.717) is 5.06 Å². The average Bonchev–Trinajstić information content (AvgIpc) is 3.17. The Morgan fingerprint density at radius 3 is 2.12 bits per heavy atom. The summed E-state index contributed by atoms with van der Waals surface area (Å²) in [5.41, 5.74) is 0.350. The highest BCUT2D eigenvalue weighted by Gasteiger charge is 2.39. The number of hydroxylamine groups is 2. The third-order valence-corrected chi connectivity index (χ3v) is 3.42. The van der Waals surface area contributed by atoms with E-state index in [1.54, 1.807) is 12.1 Å². The van der Waals surface area contributed by atoms with Gasteiger partial charge in [-0.05, 0) is 24.3 Å². The molecular formula is C16H13NO7. The van der Waals surface area contributed by atoms with Gasteiger partial charge in [-0.3, -0.25) is 9.59 Å². The predicted molar refractivity (Wildman–Crippen MR) is 77.8 cm³/mol. The van der Waals surface area contributed by atoms with Crippen LogP contribution in [0.4, 0.5) is 0 Å². The van der Waals surface area contributed by atoms with Gasteiger partial charge in [0.2, 0.25) is 12.1 Å². The molecule has 0 fully saturated rings. The topological polar surface area (TPSA) is 95.3 Å². The Bertz CT molecular complexity index is 771. The number of ether oxygens (including phenoxy) is 2. The van der Waals surface area contributed by atoms with Gasteiger partial charge < -0.3 is 18.7 Å². The molecule has 0 saturated carbocycles. The molecule has 3 rings (SSSR count). The van der Waals surface area contributed by atoms with Crippen molar-refractivity contribution in [3.05, 3.63) is 59.0 Å². The number of amides is 2. The van der Waals surface area contributed by atoms with Gasteiger partial charge in [-0.2, -0.15) is 0 Å². The van der Waals surface area contributed by atoms with E-state index in [-0.39, 0.29) is 22.6 Å². The Kier molecular flexibility index (Phi) is 4.15. The fraction of sp³-hybridized carbons (Fsp3) is 0.188. The highest BCUT2D eigenvalue weighted by atomic mass is 16.7. The minimum Gasteiger partial charge on any atom is -0.449 e. The summed E-state index contributed by atoms with van der Waals surface area (Å²) >= 11 is 0. The molecule has 0 aliphatic carbocycles. The van der Waals surface area contributed by atoms with Crippen LogP contribution in [0.5, 0.6) is 0 Å². The molecular weight excluding hydrogens is 318 g/mol. The number of nitrogens with zero attached hydrogens (tertiary/aromatic N) is 1. The second-order valence-electron chi connectivity index (χ2n) is 4.83. The number of furan rings is 1. The number of benzene rings is 1. The van der Waals surface area contributed by atoms with Crippen LogP contribution < -0.4 is 0 Å². The maximum Gasteiger partial charge on any atom is 0.399 e. The summed E-state index contributed by atoms with van der Waals surface area (Å²) in [6.07, 6.45) is -0.786. The van der Waals surface area contributed by atoms with E-state index in [1.807, 2.05) is 0 Å². The van der Waals surface area contributed by atoms with E-state index in [1.165, 1.54) is 38.5 Å². The number of methoxy groups -OCH3 is 2. The third kappa shape index (κ3) is 2.57. The molecule has 0 atom stereocenters. The standard InChI is InChI=1S/C16H13NO7/c1-21-16(22-2)12-8-7-11(23-12)15(20)24-17-13(18)9-5-3-4-6-10(9)14(17)19/h3-8,16H,1-2H3. The van der Waals surface area contributed by atoms with Crippen LogP contribution in [0.3, 0.4) is 0 Å². The summed E-state index contributed by atoms with van der Waals surface area (Å²) in [4.78, 5) is 41.3. The first kappa shape index (κ1) is 15.9. The van der Waals surface area contributed by atoms with Gasteiger partial charge in [0.1, 0.15) is 0 Å². The average molecular weight is 331 g/mol. The molecule has 2 amide bonds. The fourth-order valence-electron chi connectivity index (χ4n) is 2.30. The first-order valence-electron chi connectivity index (χ1n) is 6.92. The van der Waals surface area contributed by atoms with Gasteiger partial charge in [-0.15, -0.1) is 0 Å². The zero-order chi connectivity index (χ0) is 17.3. The molecule has 1 aromatic carbocycles. The molecule has 24 heavy (non-hydrogen) atoms. The molecule has 0 bridgehead atoms. The van der Waals surface area contributed by atoms with Gasteiger partial charge >= 0.3 is 5.97 Å². The Hall–Kier alpha value is -2.97. The van der Waals surface area contributed by atoms with Gasteiger partial charge in [0.25, 0.3) is 11.8 Å². The molecule has 8 heteroatoms. The Balaban J connectivity index is 1.77. The summed E-state index contributed by atoms with van der Waals surface area (Å²) in [5.74, 6) is -2.35. The summed E-state index contributed by atoms with van der Waals surface area (Å²) in [6.45, 7) is 0. The van der Waals surface area contributed by atoms with E-state index < -0.39 is 24.1 Å². The van der Waals surface area contributed by atoms with Crippen molar-refractivity contribution in [1.82, 2.24) is 5.06 Å². The first-order valence-corrected chi connectivity index (χ1v) is 6.92. The zero-order valence-corrected chi connectivity index (χ0v) is 12.8.